The van der Waals surface area contributed by atoms with Gasteiger partial charge in [-0.3, -0.25) is 4.79 Å². The molecule has 1 unspecified atom stereocenters. The normalized spacial score (nSPS) is 13.6. The third-order valence-electron chi connectivity index (χ3n) is 2.11. The molecule has 0 fully saturated rings. The largest absolute Gasteiger partial charge is 0.481 e. The van der Waals surface area contributed by atoms with Crippen LogP contribution in [0.15, 0.2) is 0 Å². The highest BCUT2D eigenvalue weighted by Crippen LogP contribution is 2.18. The first-order chi connectivity index (χ1) is 6.51. The zero-order valence-corrected chi connectivity index (χ0v) is 9.32. The van der Waals surface area contributed by atoms with Crippen molar-refractivity contribution in [3.8, 4) is 0 Å². The molecular formula is C10H20O4. The van der Waals surface area contributed by atoms with E-state index in [1.165, 1.54) is 14.2 Å². The molecule has 0 aliphatic heterocycles. The second-order valence-electron chi connectivity index (χ2n) is 3.80. The van der Waals surface area contributed by atoms with E-state index in [0.717, 1.165) is 0 Å². The van der Waals surface area contributed by atoms with Gasteiger partial charge in [0.2, 0.25) is 0 Å². The van der Waals surface area contributed by atoms with E-state index in [4.69, 9.17) is 14.6 Å². The lowest BCUT2D eigenvalue weighted by atomic mass is 9.94. The van der Waals surface area contributed by atoms with Crippen molar-refractivity contribution in [2.24, 2.45) is 11.8 Å². The van der Waals surface area contributed by atoms with E-state index < -0.39 is 12.3 Å². The Morgan fingerprint density at radius 3 is 2.00 bits per heavy atom. The van der Waals surface area contributed by atoms with Crippen molar-refractivity contribution in [2.45, 2.75) is 33.0 Å². The lowest BCUT2D eigenvalue weighted by molar-refractivity contribution is -0.151. The van der Waals surface area contributed by atoms with E-state index in [9.17, 15) is 4.79 Å². The lowest BCUT2D eigenvalue weighted by Gasteiger charge is -2.19. The first kappa shape index (κ1) is 13.4. The zero-order valence-electron chi connectivity index (χ0n) is 9.32. The maximum absolute atomic E-state index is 10.9. The van der Waals surface area contributed by atoms with Crippen LogP contribution in [0, 0.1) is 11.8 Å². The first-order valence-electron chi connectivity index (χ1n) is 4.79. The minimum absolute atomic E-state index is 0.366. The third-order valence-corrected chi connectivity index (χ3v) is 2.11. The number of rotatable bonds is 7. The number of carboxylic acids is 1. The maximum Gasteiger partial charge on any atom is 0.306 e. The Bertz CT molecular complexity index is 164. The topological polar surface area (TPSA) is 55.8 Å². The fraction of sp³-hybridized carbons (Fsp3) is 0.900. The molecule has 0 aromatic heterocycles. The molecule has 1 atom stereocenters. The summed E-state index contributed by atoms with van der Waals surface area (Å²) in [4.78, 5) is 10.9. The number of carbonyl (C=O) groups is 1. The molecular weight excluding hydrogens is 184 g/mol. The van der Waals surface area contributed by atoms with E-state index in [0.29, 0.717) is 18.8 Å². The molecule has 84 valence electrons. The van der Waals surface area contributed by atoms with Gasteiger partial charge in [-0.15, -0.1) is 0 Å². The van der Waals surface area contributed by atoms with Crippen LogP contribution in [0.25, 0.3) is 0 Å². The number of methoxy groups -OCH3 is 2. The van der Waals surface area contributed by atoms with Gasteiger partial charge in [-0.1, -0.05) is 13.8 Å². The predicted octanol–water partition coefficient (Wildman–Crippen LogP) is 1.74. The van der Waals surface area contributed by atoms with E-state index in [1.807, 2.05) is 13.8 Å². The Balaban J connectivity index is 4.14. The fourth-order valence-electron chi connectivity index (χ4n) is 1.39. The number of hydrogen-bond acceptors (Lipinski definition) is 3. The molecule has 0 bridgehead atoms. The van der Waals surface area contributed by atoms with Crippen LogP contribution in [0.2, 0.25) is 0 Å². The Morgan fingerprint density at radius 1 is 1.21 bits per heavy atom. The van der Waals surface area contributed by atoms with Crippen LogP contribution in [0.3, 0.4) is 0 Å². The average Bonchev–Trinajstić information content (AvgIpc) is 2.11. The lowest BCUT2D eigenvalue weighted by Crippen LogP contribution is -2.24. The SMILES string of the molecule is COC(CC(CC(C)C)C(=O)O)OC. The average molecular weight is 204 g/mol. The second-order valence-corrected chi connectivity index (χ2v) is 3.80. The summed E-state index contributed by atoms with van der Waals surface area (Å²) >= 11 is 0. The van der Waals surface area contributed by atoms with Crippen LogP contribution in [0.1, 0.15) is 26.7 Å². The number of hydrogen-bond donors (Lipinski definition) is 1. The van der Waals surface area contributed by atoms with Gasteiger partial charge in [-0.25, -0.2) is 0 Å². The van der Waals surface area contributed by atoms with Gasteiger partial charge in [-0.2, -0.15) is 0 Å². The van der Waals surface area contributed by atoms with Crippen LogP contribution in [-0.4, -0.2) is 31.6 Å². The number of aliphatic carboxylic acids is 1. The van der Waals surface area contributed by atoms with Crippen molar-refractivity contribution in [2.75, 3.05) is 14.2 Å². The number of ether oxygens (including phenoxy) is 2. The molecule has 0 aromatic carbocycles. The number of carboxylic acid groups (broad SMARTS) is 1. The summed E-state index contributed by atoms with van der Waals surface area (Å²) in [5.41, 5.74) is 0. The molecule has 0 saturated heterocycles. The summed E-state index contributed by atoms with van der Waals surface area (Å²) in [6.45, 7) is 4.01. The summed E-state index contributed by atoms with van der Waals surface area (Å²) in [6, 6.07) is 0. The predicted molar refractivity (Wildman–Crippen MR) is 53.0 cm³/mol. The summed E-state index contributed by atoms with van der Waals surface area (Å²) in [5.74, 6) is -0.803. The Hall–Kier alpha value is -0.610. The molecule has 0 heterocycles. The quantitative estimate of drug-likeness (QED) is 0.642. The van der Waals surface area contributed by atoms with E-state index in [1.54, 1.807) is 0 Å². The molecule has 0 saturated carbocycles. The highest BCUT2D eigenvalue weighted by Gasteiger charge is 2.23. The van der Waals surface area contributed by atoms with E-state index in [-0.39, 0.29) is 5.92 Å². The Labute approximate surface area is 85.2 Å². The van der Waals surface area contributed by atoms with Gasteiger partial charge in [0.1, 0.15) is 0 Å². The molecule has 14 heavy (non-hydrogen) atoms. The van der Waals surface area contributed by atoms with Crippen LogP contribution in [-0.2, 0) is 14.3 Å². The van der Waals surface area contributed by atoms with Crippen molar-refractivity contribution in [3.63, 3.8) is 0 Å². The third kappa shape index (κ3) is 5.19. The van der Waals surface area contributed by atoms with Crippen LogP contribution in [0.5, 0.6) is 0 Å². The molecule has 1 N–H and O–H groups in total. The van der Waals surface area contributed by atoms with Gasteiger partial charge in [0.05, 0.1) is 5.92 Å². The molecule has 0 radical (unpaired) electrons. The Kier molecular flexibility index (Phi) is 6.49. The Morgan fingerprint density at radius 2 is 1.71 bits per heavy atom. The summed E-state index contributed by atoms with van der Waals surface area (Å²) in [5, 5.41) is 8.95. The van der Waals surface area contributed by atoms with Crippen molar-refractivity contribution < 1.29 is 19.4 Å². The molecule has 4 nitrogen and oxygen atoms in total. The fourth-order valence-corrected chi connectivity index (χ4v) is 1.39. The maximum atomic E-state index is 10.9. The van der Waals surface area contributed by atoms with E-state index in [2.05, 4.69) is 0 Å². The summed E-state index contributed by atoms with van der Waals surface area (Å²) < 4.78 is 9.95. The van der Waals surface area contributed by atoms with Gasteiger partial charge >= 0.3 is 5.97 Å². The highest BCUT2D eigenvalue weighted by molar-refractivity contribution is 5.69. The first-order valence-corrected chi connectivity index (χ1v) is 4.79. The molecule has 0 spiro atoms. The smallest absolute Gasteiger partial charge is 0.306 e. The van der Waals surface area contributed by atoms with E-state index >= 15 is 0 Å². The summed E-state index contributed by atoms with van der Waals surface area (Å²) in [7, 11) is 3.03. The molecule has 0 rings (SSSR count). The molecule has 0 amide bonds. The molecule has 4 heteroatoms. The zero-order chi connectivity index (χ0) is 11.1. The van der Waals surface area contributed by atoms with Gasteiger partial charge in [0, 0.05) is 20.6 Å². The minimum atomic E-state index is -0.780. The minimum Gasteiger partial charge on any atom is -0.481 e. The molecule has 0 aromatic rings. The van der Waals surface area contributed by atoms with Crippen molar-refractivity contribution in [1.82, 2.24) is 0 Å². The van der Waals surface area contributed by atoms with Gasteiger partial charge in [0.15, 0.2) is 6.29 Å². The standard InChI is InChI=1S/C10H20O4/c1-7(2)5-8(10(11)12)6-9(13-3)14-4/h7-9H,5-6H2,1-4H3,(H,11,12). The second kappa shape index (κ2) is 6.79. The van der Waals surface area contributed by atoms with Crippen LogP contribution in [0.4, 0.5) is 0 Å². The summed E-state index contributed by atoms with van der Waals surface area (Å²) in [6.07, 6.45) is 0.633. The van der Waals surface area contributed by atoms with Crippen molar-refractivity contribution in [1.29, 1.82) is 0 Å². The van der Waals surface area contributed by atoms with Crippen LogP contribution >= 0.6 is 0 Å². The van der Waals surface area contributed by atoms with Crippen LogP contribution < -0.4 is 0 Å². The van der Waals surface area contributed by atoms with Gasteiger partial charge in [-0.05, 0) is 12.3 Å². The molecule has 0 aliphatic rings. The monoisotopic (exact) mass is 204 g/mol. The molecule has 0 aliphatic carbocycles. The highest BCUT2D eigenvalue weighted by atomic mass is 16.7. The van der Waals surface area contributed by atoms with Crippen molar-refractivity contribution in [3.05, 3.63) is 0 Å². The van der Waals surface area contributed by atoms with Gasteiger partial charge < -0.3 is 14.6 Å². The van der Waals surface area contributed by atoms with Gasteiger partial charge in [0.25, 0.3) is 0 Å². The van der Waals surface area contributed by atoms with Crippen molar-refractivity contribution >= 4 is 5.97 Å².